The van der Waals surface area contributed by atoms with Gasteiger partial charge in [-0.05, 0) is 6.42 Å². The van der Waals surface area contributed by atoms with E-state index in [0.717, 1.165) is 0 Å². The normalized spacial score (nSPS) is 18.1. The van der Waals surface area contributed by atoms with E-state index in [1.807, 2.05) is 13.8 Å². The number of nitrogens with one attached hydrogen (secondary N) is 1. The molecule has 2 amide bonds. The maximum absolute atomic E-state index is 11.4. The molecule has 1 fully saturated rings. The standard InChI is InChI=1S/C10H18N2O2/c1-8(2)11-6-7-12-9(13)4-3-5-10(12)14/h8,11H,3-7H2,1-2H3. The largest absolute Gasteiger partial charge is 0.313 e. The topological polar surface area (TPSA) is 49.4 Å². The quantitative estimate of drug-likeness (QED) is 0.670. The van der Waals surface area contributed by atoms with Gasteiger partial charge in [0.1, 0.15) is 0 Å². The van der Waals surface area contributed by atoms with E-state index in [1.54, 1.807) is 0 Å². The first kappa shape index (κ1) is 11.2. The molecule has 1 heterocycles. The Bertz CT molecular complexity index is 210. The first-order chi connectivity index (χ1) is 6.61. The van der Waals surface area contributed by atoms with E-state index in [2.05, 4.69) is 5.32 Å². The summed E-state index contributed by atoms with van der Waals surface area (Å²) in [4.78, 5) is 24.1. The van der Waals surface area contributed by atoms with Crippen molar-refractivity contribution >= 4 is 11.8 Å². The van der Waals surface area contributed by atoms with Gasteiger partial charge >= 0.3 is 0 Å². The second-order valence-corrected chi connectivity index (χ2v) is 3.90. The van der Waals surface area contributed by atoms with Crippen LogP contribution in [0.1, 0.15) is 33.1 Å². The van der Waals surface area contributed by atoms with Crippen molar-refractivity contribution in [3.63, 3.8) is 0 Å². The van der Waals surface area contributed by atoms with E-state index >= 15 is 0 Å². The SMILES string of the molecule is CC(C)NCCN1C(=O)CCCC1=O. The number of piperidine rings is 1. The third kappa shape index (κ3) is 3.10. The van der Waals surface area contributed by atoms with Crippen LogP contribution < -0.4 is 5.32 Å². The molecule has 0 unspecified atom stereocenters. The minimum absolute atomic E-state index is 0.0215. The molecule has 0 atom stereocenters. The van der Waals surface area contributed by atoms with Crippen LogP contribution >= 0.6 is 0 Å². The van der Waals surface area contributed by atoms with Crippen LogP contribution in [0, 0.1) is 0 Å². The van der Waals surface area contributed by atoms with Gasteiger partial charge in [0.2, 0.25) is 11.8 Å². The minimum Gasteiger partial charge on any atom is -0.313 e. The maximum atomic E-state index is 11.4. The molecule has 0 aromatic carbocycles. The molecule has 1 aliphatic rings. The van der Waals surface area contributed by atoms with Crippen LogP contribution in [0.4, 0.5) is 0 Å². The van der Waals surface area contributed by atoms with E-state index < -0.39 is 0 Å². The molecule has 1 aliphatic heterocycles. The van der Waals surface area contributed by atoms with Gasteiger partial charge in [-0.25, -0.2) is 0 Å². The minimum atomic E-state index is -0.0215. The molecule has 14 heavy (non-hydrogen) atoms. The third-order valence-corrected chi connectivity index (χ3v) is 2.27. The molecule has 0 bridgehead atoms. The van der Waals surface area contributed by atoms with Crippen molar-refractivity contribution in [2.45, 2.75) is 39.2 Å². The van der Waals surface area contributed by atoms with Crippen molar-refractivity contribution in [1.82, 2.24) is 10.2 Å². The number of nitrogens with zero attached hydrogens (tertiary/aromatic N) is 1. The van der Waals surface area contributed by atoms with Crippen LogP contribution in [0.25, 0.3) is 0 Å². The van der Waals surface area contributed by atoms with Crippen molar-refractivity contribution in [1.29, 1.82) is 0 Å². The Morgan fingerprint density at radius 3 is 2.36 bits per heavy atom. The number of rotatable bonds is 4. The molecule has 0 aromatic heterocycles. The van der Waals surface area contributed by atoms with Crippen molar-refractivity contribution in [3.05, 3.63) is 0 Å². The van der Waals surface area contributed by atoms with Crippen LogP contribution in [0.5, 0.6) is 0 Å². The van der Waals surface area contributed by atoms with Gasteiger partial charge in [-0.1, -0.05) is 13.8 Å². The van der Waals surface area contributed by atoms with Crippen LogP contribution in [-0.4, -0.2) is 35.8 Å². The number of amides is 2. The summed E-state index contributed by atoms with van der Waals surface area (Å²) in [5.74, 6) is -0.0430. The number of carbonyl (C=O) groups excluding carboxylic acids is 2. The number of imide groups is 1. The Labute approximate surface area is 84.7 Å². The molecule has 0 radical (unpaired) electrons. The molecular weight excluding hydrogens is 180 g/mol. The summed E-state index contributed by atoms with van der Waals surface area (Å²) in [6.45, 7) is 5.28. The van der Waals surface area contributed by atoms with E-state index in [9.17, 15) is 9.59 Å². The lowest BCUT2D eigenvalue weighted by Crippen LogP contribution is -2.44. The predicted octanol–water partition coefficient (Wildman–Crippen LogP) is 0.523. The molecule has 1 rings (SSSR count). The summed E-state index contributed by atoms with van der Waals surface area (Å²) in [6, 6.07) is 0.394. The third-order valence-electron chi connectivity index (χ3n) is 2.27. The Kier molecular flexibility index (Phi) is 4.07. The van der Waals surface area contributed by atoms with E-state index in [-0.39, 0.29) is 11.8 Å². The fourth-order valence-electron chi connectivity index (χ4n) is 1.51. The lowest BCUT2D eigenvalue weighted by atomic mass is 10.1. The molecule has 0 saturated carbocycles. The molecular formula is C10H18N2O2. The highest BCUT2D eigenvalue weighted by Gasteiger charge is 2.24. The zero-order chi connectivity index (χ0) is 10.6. The second kappa shape index (κ2) is 5.10. The van der Waals surface area contributed by atoms with Gasteiger partial charge in [-0.15, -0.1) is 0 Å². The van der Waals surface area contributed by atoms with Gasteiger partial charge in [0.05, 0.1) is 0 Å². The van der Waals surface area contributed by atoms with Gasteiger partial charge in [0, 0.05) is 32.0 Å². The highest BCUT2D eigenvalue weighted by molar-refractivity contribution is 5.97. The van der Waals surface area contributed by atoms with Crippen LogP contribution in [0.2, 0.25) is 0 Å². The summed E-state index contributed by atoms with van der Waals surface area (Å²) in [6.07, 6.45) is 1.76. The second-order valence-electron chi connectivity index (χ2n) is 3.90. The Hall–Kier alpha value is -0.900. The van der Waals surface area contributed by atoms with Crippen molar-refractivity contribution < 1.29 is 9.59 Å². The van der Waals surface area contributed by atoms with E-state index in [1.165, 1.54) is 4.90 Å². The van der Waals surface area contributed by atoms with Gasteiger partial charge < -0.3 is 5.32 Å². The molecule has 80 valence electrons. The summed E-state index contributed by atoms with van der Waals surface area (Å²) < 4.78 is 0. The highest BCUT2D eigenvalue weighted by atomic mass is 16.2. The number of hydrogen-bond acceptors (Lipinski definition) is 3. The average molecular weight is 198 g/mol. The molecule has 0 aliphatic carbocycles. The molecule has 4 heteroatoms. The van der Waals surface area contributed by atoms with Crippen LogP contribution in [0.15, 0.2) is 0 Å². The maximum Gasteiger partial charge on any atom is 0.229 e. The van der Waals surface area contributed by atoms with Gasteiger partial charge in [-0.3, -0.25) is 14.5 Å². The fraction of sp³-hybridized carbons (Fsp3) is 0.800. The lowest BCUT2D eigenvalue weighted by Gasteiger charge is -2.25. The van der Waals surface area contributed by atoms with E-state index in [0.29, 0.717) is 38.4 Å². The molecule has 4 nitrogen and oxygen atoms in total. The Balaban J connectivity index is 2.33. The summed E-state index contributed by atoms with van der Waals surface area (Å²) in [5.41, 5.74) is 0. The lowest BCUT2D eigenvalue weighted by molar-refractivity contribution is -0.147. The Morgan fingerprint density at radius 2 is 1.86 bits per heavy atom. The van der Waals surface area contributed by atoms with Gasteiger partial charge in [-0.2, -0.15) is 0 Å². The molecule has 0 aromatic rings. The van der Waals surface area contributed by atoms with Crippen molar-refractivity contribution in [3.8, 4) is 0 Å². The summed E-state index contributed by atoms with van der Waals surface area (Å²) in [5, 5.41) is 3.19. The number of carbonyl (C=O) groups is 2. The van der Waals surface area contributed by atoms with Crippen molar-refractivity contribution in [2.24, 2.45) is 0 Å². The highest BCUT2D eigenvalue weighted by Crippen LogP contribution is 2.11. The van der Waals surface area contributed by atoms with Gasteiger partial charge in [0.25, 0.3) is 0 Å². The zero-order valence-electron chi connectivity index (χ0n) is 8.88. The molecule has 1 saturated heterocycles. The monoisotopic (exact) mass is 198 g/mol. The molecule has 1 N–H and O–H groups in total. The fourth-order valence-corrected chi connectivity index (χ4v) is 1.51. The zero-order valence-corrected chi connectivity index (χ0v) is 8.88. The first-order valence-electron chi connectivity index (χ1n) is 5.18. The van der Waals surface area contributed by atoms with E-state index in [4.69, 9.17) is 0 Å². The summed E-state index contributed by atoms with van der Waals surface area (Å²) in [7, 11) is 0. The van der Waals surface area contributed by atoms with Crippen LogP contribution in [0.3, 0.4) is 0 Å². The Morgan fingerprint density at radius 1 is 1.29 bits per heavy atom. The smallest absolute Gasteiger partial charge is 0.229 e. The summed E-state index contributed by atoms with van der Waals surface area (Å²) >= 11 is 0. The van der Waals surface area contributed by atoms with Crippen molar-refractivity contribution in [2.75, 3.05) is 13.1 Å². The number of likely N-dealkylation sites (tertiary alicyclic amines) is 1. The average Bonchev–Trinajstić information content (AvgIpc) is 2.09. The number of hydrogen-bond donors (Lipinski definition) is 1. The molecule has 0 spiro atoms. The first-order valence-corrected chi connectivity index (χ1v) is 5.18. The van der Waals surface area contributed by atoms with Crippen LogP contribution in [-0.2, 0) is 9.59 Å². The van der Waals surface area contributed by atoms with Gasteiger partial charge in [0.15, 0.2) is 0 Å². The predicted molar refractivity (Wildman–Crippen MR) is 53.7 cm³/mol.